The maximum atomic E-state index is 4.54. The van der Waals surface area contributed by atoms with Crippen LogP contribution < -0.4 is 4.90 Å². The molecule has 2 rings (SSSR count). The van der Waals surface area contributed by atoms with Gasteiger partial charge >= 0.3 is 0 Å². The molecule has 94 valence electrons. The maximum Gasteiger partial charge on any atom is 0.129 e. The summed E-state index contributed by atoms with van der Waals surface area (Å²) in [4.78, 5) is 6.95. The molecule has 0 aliphatic carbocycles. The number of piperidine rings is 1. The zero-order valence-corrected chi connectivity index (χ0v) is 12.3. The Balaban J connectivity index is 2.04. The predicted molar refractivity (Wildman–Crippen MR) is 76.4 cm³/mol. The van der Waals surface area contributed by atoms with Crippen molar-refractivity contribution in [2.75, 3.05) is 18.0 Å². The fraction of sp³-hybridized carbons (Fsp3) is 0.643. The molecular weight excluding hydrogens is 276 g/mol. The highest BCUT2D eigenvalue weighted by molar-refractivity contribution is 9.10. The molecule has 0 unspecified atom stereocenters. The van der Waals surface area contributed by atoms with Crippen LogP contribution in [0.25, 0.3) is 0 Å². The Kier molecular flexibility index (Phi) is 4.08. The van der Waals surface area contributed by atoms with Crippen molar-refractivity contribution in [3.05, 3.63) is 22.8 Å². The molecular formula is C14H21BrN2. The van der Waals surface area contributed by atoms with Gasteiger partial charge in [0.05, 0.1) is 0 Å². The molecule has 0 spiro atoms. The summed E-state index contributed by atoms with van der Waals surface area (Å²) in [5, 5.41) is 0. The molecule has 0 N–H and O–H groups in total. The van der Waals surface area contributed by atoms with Crippen LogP contribution in [-0.4, -0.2) is 18.1 Å². The summed E-state index contributed by atoms with van der Waals surface area (Å²) in [7, 11) is 0. The second-order valence-corrected chi connectivity index (χ2v) is 5.83. The Morgan fingerprint density at radius 1 is 1.24 bits per heavy atom. The van der Waals surface area contributed by atoms with Gasteiger partial charge in [0.1, 0.15) is 10.4 Å². The van der Waals surface area contributed by atoms with Crippen LogP contribution in [0.15, 0.2) is 22.8 Å². The van der Waals surface area contributed by atoms with Crippen molar-refractivity contribution in [3.8, 4) is 0 Å². The van der Waals surface area contributed by atoms with Gasteiger partial charge in [0.2, 0.25) is 0 Å². The fourth-order valence-corrected chi connectivity index (χ4v) is 3.08. The van der Waals surface area contributed by atoms with E-state index in [1.807, 2.05) is 6.07 Å². The minimum Gasteiger partial charge on any atom is -0.357 e. The Morgan fingerprint density at radius 2 is 1.88 bits per heavy atom. The first-order valence-electron chi connectivity index (χ1n) is 6.56. The van der Waals surface area contributed by atoms with Crippen molar-refractivity contribution in [2.45, 2.75) is 39.5 Å². The molecule has 1 fully saturated rings. The highest BCUT2D eigenvalue weighted by atomic mass is 79.9. The summed E-state index contributed by atoms with van der Waals surface area (Å²) in [5.41, 5.74) is 0.586. The van der Waals surface area contributed by atoms with Crippen LogP contribution in [0.2, 0.25) is 0 Å². The quantitative estimate of drug-likeness (QED) is 0.775. The van der Waals surface area contributed by atoms with Crippen molar-refractivity contribution in [1.29, 1.82) is 0 Å². The smallest absolute Gasteiger partial charge is 0.129 e. The lowest BCUT2D eigenvalue weighted by molar-refractivity contribution is 0.199. The third-order valence-electron chi connectivity index (χ3n) is 4.35. The van der Waals surface area contributed by atoms with Gasteiger partial charge in [-0.3, -0.25) is 0 Å². The van der Waals surface area contributed by atoms with E-state index < -0.39 is 0 Å². The molecule has 0 radical (unpaired) electrons. The minimum atomic E-state index is 0.586. The lowest BCUT2D eigenvalue weighted by atomic mass is 9.74. The van der Waals surface area contributed by atoms with Crippen molar-refractivity contribution in [3.63, 3.8) is 0 Å². The predicted octanol–water partition coefficient (Wildman–Crippen LogP) is 4.25. The van der Waals surface area contributed by atoms with Crippen LogP contribution in [0.3, 0.4) is 0 Å². The van der Waals surface area contributed by atoms with E-state index in [9.17, 15) is 0 Å². The Hall–Kier alpha value is -0.570. The number of hydrogen-bond acceptors (Lipinski definition) is 2. The van der Waals surface area contributed by atoms with Gasteiger partial charge in [0, 0.05) is 13.1 Å². The second kappa shape index (κ2) is 5.38. The molecule has 1 saturated heterocycles. The van der Waals surface area contributed by atoms with Gasteiger partial charge in [0.25, 0.3) is 0 Å². The van der Waals surface area contributed by atoms with E-state index in [0.717, 1.165) is 23.5 Å². The van der Waals surface area contributed by atoms with Crippen LogP contribution in [0.1, 0.15) is 39.5 Å². The number of nitrogens with zero attached hydrogens (tertiary/aromatic N) is 2. The van der Waals surface area contributed by atoms with Gasteiger partial charge in [0.15, 0.2) is 0 Å². The monoisotopic (exact) mass is 296 g/mol. The van der Waals surface area contributed by atoms with E-state index in [2.05, 4.69) is 51.8 Å². The summed E-state index contributed by atoms with van der Waals surface area (Å²) in [5.74, 6) is 1.11. The normalized spacial score (nSPS) is 19.4. The summed E-state index contributed by atoms with van der Waals surface area (Å²) in [6.45, 7) is 6.95. The van der Waals surface area contributed by atoms with Crippen LogP contribution in [-0.2, 0) is 0 Å². The SMILES string of the molecule is CCC1(CC)CCN(c2cccc(Br)n2)CC1. The van der Waals surface area contributed by atoms with Crippen LogP contribution in [0, 0.1) is 5.41 Å². The average Bonchev–Trinajstić information content (AvgIpc) is 2.39. The molecule has 2 nitrogen and oxygen atoms in total. The van der Waals surface area contributed by atoms with Crippen molar-refractivity contribution in [1.82, 2.24) is 4.98 Å². The fourth-order valence-electron chi connectivity index (χ4n) is 2.74. The second-order valence-electron chi connectivity index (χ2n) is 5.01. The molecule has 0 atom stereocenters. The van der Waals surface area contributed by atoms with Crippen molar-refractivity contribution < 1.29 is 0 Å². The van der Waals surface area contributed by atoms with Crippen LogP contribution in [0.4, 0.5) is 5.82 Å². The Morgan fingerprint density at radius 3 is 2.41 bits per heavy atom. The lowest BCUT2D eigenvalue weighted by Gasteiger charge is -2.41. The molecule has 1 aromatic heterocycles. The molecule has 0 aromatic carbocycles. The number of anilines is 1. The number of pyridine rings is 1. The molecule has 0 saturated carbocycles. The molecule has 17 heavy (non-hydrogen) atoms. The molecule has 1 aromatic rings. The van der Waals surface area contributed by atoms with Crippen molar-refractivity contribution in [2.24, 2.45) is 5.41 Å². The Bertz CT molecular complexity index is 364. The number of aromatic nitrogens is 1. The van der Waals surface area contributed by atoms with E-state index in [1.54, 1.807) is 0 Å². The van der Waals surface area contributed by atoms with E-state index in [4.69, 9.17) is 0 Å². The number of hydrogen-bond donors (Lipinski definition) is 0. The summed E-state index contributed by atoms with van der Waals surface area (Å²) in [6.07, 6.45) is 5.22. The van der Waals surface area contributed by atoms with Gasteiger partial charge in [-0.2, -0.15) is 0 Å². The van der Waals surface area contributed by atoms with Gasteiger partial charge < -0.3 is 4.90 Å². The maximum absolute atomic E-state index is 4.54. The molecule has 1 aliphatic heterocycles. The summed E-state index contributed by atoms with van der Waals surface area (Å²) in [6, 6.07) is 6.15. The van der Waals surface area contributed by atoms with Crippen molar-refractivity contribution >= 4 is 21.7 Å². The zero-order valence-electron chi connectivity index (χ0n) is 10.7. The van der Waals surface area contributed by atoms with Crippen LogP contribution >= 0.6 is 15.9 Å². The zero-order chi connectivity index (χ0) is 12.3. The number of rotatable bonds is 3. The number of halogens is 1. The first-order chi connectivity index (χ1) is 8.19. The third kappa shape index (κ3) is 2.82. The van der Waals surface area contributed by atoms with E-state index in [-0.39, 0.29) is 0 Å². The van der Waals surface area contributed by atoms with Gasteiger partial charge in [-0.1, -0.05) is 32.8 Å². The first kappa shape index (κ1) is 12.9. The minimum absolute atomic E-state index is 0.586. The Labute approximate surface area is 113 Å². The standard InChI is InChI=1S/C14H21BrN2/c1-3-14(4-2)8-10-17(11-9-14)13-7-5-6-12(15)16-13/h5-7H,3-4,8-11H2,1-2H3. The van der Waals surface area contributed by atoms with E-state index in [0.29, 0.717) is 5.41 Å². The lowest BCUT2D eigenvalue weighted by Crippen LogP contribution is -2.40. The highest BCUT2D eigenvalue weighted by Gasteiger charge is 2.31. The summed E-state index contributed by atoms with van der Waals surface area (Å²) < 4.78 is 0.929. The van der Waals surface area contributed by atoms with Gasteiger partial charge in [-0.25, -0.2) is 4.98 Å². The molecule has 0 bridgehead atoms. The van der Waals surface area contributed by atoms with E-state index >= 15 is 0 Å². The highest BCUT2D eigenvalue weighted by Crippen LogP contribution is 2.38. The largest absolute Gasteiger partial charge is 0.357 e. The van der Waals surface area contributed by atoms with Gasteiger partial charge in [-0.05, 0) is 46.3 Å². The van der Waals surface area contributed by atoms with E-state index in [1.165, 1.54) is 25.7 Å². The topological polar surface area (TPSA) is 16.1 Å². The average molecular weight is 297 g/mol. The molecule has 3 heteroatoms. The molecule has 0 amide bonds. The molecule has 1 aliphatic rings. The first-order valence-corrected chi connectivity index (χ1v) is 7.36. The third-order valence-corrected chi connectivity index (χ3v) is 4.79. The van der Waals surface area contributed by atoms with Crippen LogP contribution in [0.5, 0.6) is 0 Å². The van der Waals surface area contributed by atoms with Gasteiger partial charge in [-0.15, -0.1) is 0 Å². The summed E-state index contributed by atoms with van der Waals surface area (Å²) >= 11 is 3.44. The molecule has 2 heterocycles.